The van der Waals surface area contributed by atoms with E-state index in [1.54, 1.807) is 0 Å². The van der Waals surface area contributed by atoms with Crippen molar-refractivity contribution in [2.75, 3.05) is 18.0 Å². The number of para-hydroxylation sites is 2. The van der Waals surface area contributed by atoms with Crippen LogP contribution in [0, 0.1) is 0 Å². The number of ether oxygens (including phenoxy) is 1. The Bertz CT molecular complexity index is 948. The van der Waals surface area contributed by atoms with Gasteiger partial charge < -0.3 is 9.64 Å². The molecular formula is C27H32NOP. The number of anilines is 1. The topological polar surface area (TPSA) is 12.5 Å². The van der Waals surface area contributed by atoms with E-state index in [-0.39, 0.29) is 5.16 Å². The first-order valence-electron chi connectivity index (χ1n) is 11.0. The van der Waals surface area contributed by atoms with Gasteiger partial charge in [0.25, 0.3) is 0 Å². The first-order valence-corrected chi connectivity index (χ1v) is 12.0. The van der Waals surface area contributed by atoms with E-state index in [1.165, 1.54) is 54.5 Å². The Labute approximate surface area is 183 Å². The second kappa shape index (κ2) is 9.67. The number of benzene rings is 3. The molecule has 0 bridgehead atoms. The molecule has 2 nitrogen and oxygen atoms in total. The van der Waals surface area contributed by atoms with Gasteiger partial charge in [-0.3, -0.25) is 0 Å². The molecule has 1 aliphatic heterocycles. The summed E-state index contributed by atoms with van der Waals surface area (Å²) >= 11 is 0. The summed E-state index contributed by atoms with van der Waals surface area (Å²) in [7, 11) is 0.677. The Morgan fingerprint density at radius 1 is 0.800 bits per heavy atom. The van der Waals surface area contributed by atoms with Gasteiger partial charge in [0.15, 0.2) is 0 Å². The van der Waals surface area contributed by atoms with E-state index in [0.29, 0.717) is 15.2 Å². The summed E-state index contributed by atoms with van der Waals surface area (Å²) in [6, 6.07) is 27.9. The quantitative estimate of drug-likeness (QED) is 0.407. The van der Waals surface area contributed by atoms with E-state index >= 15 is 0 Å². The third-order valence-electron chi connectivity index (χ3n) is 5.85. The van der Waals surface area contributed by atoms with Gasteiger partial charge in [0, 0.05) is 29.5 Å². The first-order chi connectivity index (χ1) is 14.6. The molecule has 1 saturated heterocycles. The van der Waals surface area contributed by atoms with Crippen LogP contribution in [0.15, 0.2) is 78.9 Å². The van der Waals surface area contributed by atoms with Crippen molar-refractivity contribution in [3.63, 3.8) is 0 Å². The average Bonchev–Trinajstić information content (AvgIpc) is 2.79. The highest BCUT2D eigenvalue weighted by Crippen LogP contribution is 2.45. The molecule has 0 amide bonds. The summed E-state index contributed by atoms with van der Waals surface area (Å²) in [6.45, 7) is 7.66. The van der Waals surface area contributed by atoms with Crippen molar-refractivity contribution in [3.8, 4) is 5.75 Å². The Hall–Kier alpha value is -2.31. The molecule has 0 radical (unpaired) electrons. The predicted molar refractivity (Wildman–Crippen MR) is 131 cm³/mol. The molecule has 1 fully saturated rings. The van der Waals surface area contributed by atoms with Gasteiger partial charge in [-0.05, 0) is 42.3 Å². The van der Waals surface area contributed by atoms with Crippen LogP contribution in [0.5, 0.6) is 5.75 Å². The van der Waals surface area contributed by atoms with Gasteiger partial charge in [-0.1, -0.05) is 89.2 Å². The summed E-state index contributed by atoms with van der Waals surface area (Å²) in [5.41, 5.74) is 3.90. The number of piperidine rings is 1. The molecule has 1 atom stereocenters. The van der Waals surface area contributed by atoms with E-state index in [4.69, 9.17) is 4.74 Å². The van der Waals surface area contributed by atoms with Crippen LogP contribution >= 0.6 is 8.58 Å². The van der Waals surface area contributed by atoms with Gasteiger partial charge in [0.2, 0.25) is 0 Å². The normalized spacial score (nSPS) is 14.9. The fraction of sp³-hybridized carbons (Fsp3) is 0.333. The molecular weight excluding hydrogens is 385 g/mol. The SMILES string of the molecule is CC(C)(Pc1ccccc1N1CCCCC1)c1ccccc1OCc1ccccc1. The number of hydrogen-bond donors (Lipinski definition) is 0. The monoisotopic (exact) mass is 417 g/mol. The minimum Gasteiger partial charge on any atom is -0.489 e. The Kier molecular flexibility index (Phi) is 6.75. The lowest BCUT2D eigenvalue weighted by molar-refractivity contribution is 0.301. The van der Waals surface area contributed by atoms with Crippen molar-refractivity contribution in [1.29, 1.82) is 0 Å². The van der Waals surface area contributed by atoms with Crippen molar-refractivity contribution in [3.05, 3.63) is 90.0 Å². The summed E-state index contributed by atoms with van der Waals surface area (Å²) in [6.07, 6.45) is 3.96. The number of rotatable bonds is 7. The third kappa shape index (κ3) is 5.05. The van der Waals surface area contributed by atoms with Crippen LogP contribution in [0.25, 0.3) is 0 Å². The van der Waals surface area contributed by atoms with Crippen molar-refractivity contribution in [2.24, 2.45) is 0 Å². The highest BCUT2D eigenvalue weighted by Gasteiger charge is 2.27. The second-order valence-corrected chi connectivity index (χ2v) is 10.6. The molecule has 0 N–H and O–H groups in total. The lowest BCUT2D eigenvalue weighted by Crippen LogP contribution is -2.32. The average molecular weight is 418 g/mol. The van der Waals surface area contributed by atoms with Crippen molar-refractivity contribution in [1.82, 2.24) is 0 Å². The maximum Gasteiger partial charge on any atom is 0.123 e. The summed E-state index contributed by atoms with van der Waals surface area (Å²) < 4.78 is 6.29. The van der Waals surface area contributed by atoms with E-state index in [2.05, 4.69) is 91.5 Å². The number of hydrogen-bond acceptors (Lipinski definition) is 2. The molecule has 3 aromatic carbocycles. The molecule has 0 saturated carbocycles. The molecule has 1 unspecified atom stereocenters. The molecule has 0 aromatic heterocycles. The van der Waals surface area contributed by atoms with Crippen LogP contribution in [0.4, 0.5) is 5.69 Å². The molecule has 3 aromatic rings. The molecule has 156 valence electrons. The fourth-order valence-electron chi connectivity index (χ4n) is 4.24. The zero-order valence-corrected chi connectivity index (χ0v) is 19.1. The highest BCUT2D eigenvalue weighted by molar-refractivity contribution is 7.49. The zero-order valence-electron chi connectivity index (χ0n) is 18.1. The molecule has 0 aliphatic carbocycles. The molecule has 4 rings (SSSR count). The van der Waals surface area contributed by atoms with Crippen molar-refractivity contribution in [2.45, 2.75) is 44.9 Å². The highest BCUT2D eigenvalue weighted by atomic mass is 31.1. The predicted octanol–water partition coefficient (Wildman–Crippen LogP) is 6.50. The summed E-state index contributed by atoms with van der Waals surface area (Å²) in [4.78, 5) is 2.58. The maximum atomic E-state index is 6.29. The van der Waals surface area contributed by atoms with Crippen LogP contribution in [0.1, 0.15) is 44.2 Å². The van der Waals surface area contributed by atoms with Crippen LogP contribution < -0.4 is 14.9 Å². The van der Waals surface area contributed by atoms with Crippen molar-refractivity contribution < 1.29 is 4.74 Å². The second-order valence-electron chi connectivity index (χ2n) is 8.59. The standard InChI is InChI=1S/C27H32NOP/c1-27(2,30-26-18-10-8-16-24(26)28-19-11-4-12-20-28)23-15-7-9-17-25(23)29-21-22-13-5-3-6-14-22/h3,5-10,13-18,30H,4,11-12,19-21H2,1-2H3. The molecule has 1 heterocycles. The summed E-state index contributed by atoms with van der Waals surface area (Å²) in [5.74, 6) is 0.995. The lowest BCUT2D eigenvalue weighted by Gasteiger charge is -2.33. The molecule has 30 heavy (non-hydrogen) atoms. The molecule has 0 spiro atoms. The van der Waals surface area contributed by atoms with Crippen molar-refractivity contribution >= 4 is 19.6 Å². The van der Waals surface area contributed by atoms with Crippen LogP contribution in [0.3, 0.4) is 0 Å². The third-order valence-corrected chi connectivity index (χ3v) is 7.43. The number of nitrogens with zero attached hydrogens (tertiary/aromatic N) is 1. The lowest BCUT2D eigenvalue weighted by atomic mass is 10.0. The van der Waals surface area contributed by atoms with Gasteiger partial charge in [-0.15, -0.1) is 0 Å². The van der Waals surface area contributed by atoms with Gasteiger partial charge >= 0.3 is 0 Å². The Balaban J connectivity index is 1.56. The smallest absolute Gasteiger partial charge is 0.123 e. The van der Waals surface area contributed by atoms with Gasteiger partial charge in [-0.25, -0.2) is 0 Å². The fourth-order valence-corrected chi connectivity index (χ4v) is 5.80. The van der Waals surface area contributed by atoms with E-state index in [9.17, 15) is 0 Å². The first kappa shape index (κ1) is 20.9. The minimum absolute atomic E-state index is 0.000822. The van der Waals surface area contributed by atoms with Crippen LogP contribution in [-0.2, 0) is 11.8 Å². The van der Waals surface area contributed by atoms with E-state index < -0.39 is 0 Å². The summed E-state index contributed by atoms with van der Waals surface area (Å²) in [5, 5.41) is 1.46. The van der Waals surface area contributed by atoms with Crippen LogP contribution in [-0.4, -0.2) is 13.1 Å². The van der Waals surface area contributed by atoms with Crippen LogP contribution in [0.2, 0.25) is 0 Å². The molecule has 1 aliphatic rings. The maximum absolute atomic E-state index is 6.29. The Morgan fingerprint density at radius 3 is 2.27 bits per heavy atom. The van der Waals surface area contributed by atoms with E-state index in [1.807, 2.05) is 6.07 Å². The largest absolute Gasteiger partial charge is 0.489 e. The zero-order chi connectivity index (χ0) is 20.8. The molecule has 3 heteroatoms. The van der Waals surface area contributed by atoms with E-state index in [0.717, 1.165) is 5.75 Å². The van der Waals surface area contributed by atoms with Gasteiger partial charge in [-0.2, -0.15) is 0 Å². The Morgan fingerprint density at radius 2 is 1.47 bits per heavy atom. The minimum atomic E-state index is -0.000822. The van der Waals surface area contributed by atoms with Gasteiger partial charge in [0.1, 0.15) is 12.4 Å². The van der Waals surface area contributed by atoms with Gasteiger partial charge in [0.05, 0.1) is 0 Å².